The summed E-state index contributed by atoms with van der Waals surface area (Å²) in [6.45, 7) is 2.80. The molecule has 1 aromatic carbocycles. The van der Waals surface area contributed by atoms with Crippen LogP contribution in [-0.2, 0) is 9.84 Å². The van der Waals surface area contributed by atoms with Crippen LogP contribution in [0.1, 0.15) is 13.3 Å². The van der Waals surface area contributed by atoms with Gasteiger partial charge in [0.15, 0.2) is 9.84 Å². The quantitative estimate of drug-likeness (QED) is 0.812. The molecule has 17 heavy (non-hydrogen) atoms. The van der Waals surface area contributed by atoms with E-state index in [0.717, 1.165) is 13.0 Å². The standard InChI is InChI=1S/C12H18ClNO2S/c1-10(7-8-13)9-14-11-5-3-4-6-12(11)17(2,15)16/h3-6,10,14H,7-9H2,1-2H3. The Morgan fingerprint density at radius 1 is 1.35 bits per heavy atom. The Balaban J connectivity index is 2.78. The van der Waals surface area contributed by atoms with Crippen molar-refractivity contribution < 1.29 is 8.42 Å². The monoisotopic (exact) mass is 275 g/mol. The van der Waals surface area contributed by atoms with Crippen molar-refractivity contribution in [3.05, 3.63) is 24.3 Å². The molecule has 0 amide bonds. The molecule has 1 N–H and O–H groups in total. The second-order valence-corrected chi connectivity index (χ2v) is 6.59. The van der Waals surface area contributed by atoms with Crippen LogP contribution in [0, 0.1) is 5.92 Å². The van der Waals surface area contributed by atoms with Crippen molar-refractivity contribution in [1.82, 2.24) is 0 Å². The van der Waals surface area contributed by atoms with E-state index in [-0.39, 0.29) is 0 Å². The van der Waals surface area contributed by atoms with Crippen molar-refractivity contribution in [1.29, 1.82) is 0 Å². The average molecular weight is 276 g/mol. The number of nitrogens with one attached hydrogen (secondary N) is 1. The molecule has 1 rings (SSSR count). The van der Waals surface area contributed by atoms with Gasteiger partial charge in [0.05, 0.1) is 10.6 Å². The third-order valence-electron chi connectivity index (χ3n) is 2.53. The molecule has 0 heterocycles. The van der Waals surface area contributed by atoms with Gasteiger partial charge in [0.25, 0.3) is 0 Å². The summed E-state index contributed by atoms with van der Waals surface area (Å²) in [7, 11) is -3.18. The molecule has 0 bridgehead atoms. The van der Waals surface area contributed by atoms with Gasteiger partial charge in [-0.1, -0.05) is 19.1 Å². The number of halogens is 1. The van der Waals surface area contributed by atoms with Crippen LogP contribution >= 0.6 is 11.6 Å². The van der Waals surface area contributed by atoms with Gasteiger partial charge in [0, 0.05) is 18.7 Å². The summed E-state index contributed by atoms with van der Waals surface area (Å²) in [4.78, 5) is 0.345. The largest absolute Gasteiger partial charge is 0.384 e. The Hall–Kier alpha value is -0.740. The van der Waals surface area contributed by atoms with Crippen LogP contribution < -0.4 is 5.32 Å². The average Bonchev–Trinajstić information content (AvgIpc) is 2.26. The number of rotatable bonds is 6. The van der Waals surface area contributed by atoms with E-state index in [4.69, 9.17) is 11.6 Å². The van der Waals surface area contributed by atoms with Gasteiger partial charge in [-0.3, -0.25) is 0 Å². The fraction of sp³-hybridized carbons (Fsp3) is 0.500. The van der Waals surface area contributed by atoms with Crippen LogP contribution in [0.5, 0.6) is 0 Å². The first-order valence-electron chi connectivity index (χ1n) is 5.54. The zero-order valence-electron chi connectivity index (χ0n) is 10.1. The molecule has 1 unspecified atom stereocenters. The van der Waals surface area contributed by atoms with Gasteiger partial charge in [-0.15, -0.1) is 11.6 Å². The second-order valence-electron chi connectivity index (χ2n) is 4.23. The second kappa shape index (κ2) is 6.26. The number of para-hydroxylation sites is 1. The van der Waals surface area contributed by atoms with Crippen LogP contribution in [0.2, 0.25) is 0 Å². The first-order valence-corrected chi connectivity index (χ1v) is 7.96. The van der Waals surface area contributed by atoms with Crippen LogP contribution in [0.3, 0.4) is 0 Å². The molecule has 0 saturated carbocycles. The molecular formula is C12H18ClNO2S. The van der Waals surface area contributed by atoms with E-state index in [1.165, 1.54) is 6.26 Å². The molecule has 1 aromatic rings. The third-order valence-corrected chi connectivity index (χ3v) is 3.90. The lowest BCUT2D eigenvalue weighted by atomic mass is 10.1. The van der Waals surface area contributed by atoms with Crippen molar-refractivity contribution >= 4 is 27.1 Å². The molecule has 5 heteroatoms. The van der Waals surface area contributed by atoms with Crippen LogP contribution in [0.4, 0.5) is 5.69 Å². The minimum atomic E-state index is -3.18. The molecule has 0 aliphatic rings. The van der Waals surface area contributed by atoms with Gasteiger partial charge in [-0.25, -0.2) is 8.42 Å². The van der Waals surface area contributed by atoms with Crippen LogP contribution in [0.15, 0.2) is 29.2 Å². The van der Waals surface area contributed by atoms with Gasteiger partial charge in [0.2, 0.25) is 0 Å². The van der Waals surface area contributed by atoms with E-state index >= 15 is 0 Å². The molecule has 0 spiro atoms. The molecule has 3 nitrogen and oxygen atoms in total. The van der Waals surface area contributed by atoms with Crippen molar-refractivity contribution in [3.63, 3.8) is 0 Å². The van der Waals surface area contributed by atoms with Gasteiger partial charge in [-0.05, 0) is 24.5 Å². The first kappa shape index (κ1) is 14.3. The Morgan fingerprint density at radius 3 is 2.59 bits per heavy atom. The molecule has 96 valence electrons. The van der Waals surface area contributed by atoms with E-state index in [1.54, 1.807) is 18.2 Å². The summed E-state index contributed by atoms with van der Waals surface area (Å²) in [5, 5.41) is 3.17. The number of benzene rings is 1. The molecule has 0 aliphatic carbocycles. The molecule has 0 fully saturated rings. The van der Waals surface area contributed by atoms with Gasteiger partial charge in [0.1, 0.15) is 0 Å². The number of alkyl halides is 1. The Labute approximate surface area is 108 Å². The van der Waals surface area contributed by atoms with Gasteiger partial charge >= 0.3 is 0 Å². The number of sulfone groups is 1. The fourth-order valence-electron chi connectivity index (χ4n) is 1.51. The topological polar surface area (TPSA) is 46.2 Å². The Bertz CT molecular complexity index is 459. The van der Waals surface area contributed by atoms with E-state index in [2.05, 4.69) is 12.2 Å². The third kappa shape index (κ3) is 4.56. The predicted octanol–water partition coefficient (Wildman–Crippen LogP) is 2.77. The summed E-state index contributed by atoms with van der Waals surface area (Å²) < 4.78 is 23.1. The number of hydrogen-bond donors (Lipinski definition) is 1. The van der Waals surface area contributed by atoms with Crippen molar-refractivity contribution in [3.8, 4) is 0 Å². The molecule has 0 aliphatic heterocycles. The minimum Gasteiger partial charge on any atom is -0.384 e. The number of anilines is 1. The smallest absolute Gasteiger partial charge is 0.177 e. The van der Waals surface area contributed by atoms with Crippen molar-refractivity contribution in [2.24, 2.45) is 5.92 Å². The summed E-state index contributed by atoms with van der Waals surface area (Å²) >= 11 is 5.66. The molecular weight excluding hydrogens is 258 g/mol. The van der Waals surface area contributed by atoms with Crippen LogP contribution in [0.25, 0.3) is 0 Å². The lowest BCUT2D eigenvalue weighted by Crippen LogP contribution is -2.13. The SMILES string of the molecule is CC(CCCl)CNc1ccccc1S(C)(=O)=O. The summed E-state index contributed by atoms with van der Waals surface area (Å²) in [5.41, 5.74) is 0.663. The van der Waals surface area contributed by atoms with Crippen molar-refractivity contribution in [2.75, 3.05) is 24.0 Å². The fourth-order valence-corrected chi connectivity index (χ4v) is 2.75. The van der Waals surface area contributed by atoms with Crippen molar-refractivity contribution in [2.45, 2.75) is 18.2 Å². The molecule has 1 atom stereocenters. The maximum absolute atomic E-state index is 11.6. The summed E-state index contributed by atoms with van der Waals surface area (Å²) in [6.07, 6.45) is 2.13. The van der Waals surface area contributed by atoms with E-state index in [9.17, 15) is 8.42 Å². The molecule has 0 radical (unpaired) electrons. The highest BCUT2D eigenvalue weighted by atomic mass is 35.5. The highest BCUT2D eigenvalue weighted by Gasteiger charge is 2.12. The maximum Gasteiger partial charge on any atom is 0.177 e. The number of hydrogen-bond acceptors (Lipinski definition) is 3. The van der Waals surface area contributed by atoms with Crippen LogP contribution in [-0.4, -0.2) is 27.1 Å². The van der Waals surface area contributed by atoms with E-state index in [0.29, 0.717) is 22.4 Å². The first-order chi connectivity index (χ1) is 7.95. The Morgan fingerprint density at radius 2 is 2.00 bits per heavy atom. The van der Waals surface area contributed by atoms with E-state index < -0.39 is 9.84 Å². The normalized spacial score (nSPS) is 13.4. The minimum absolute atomic E-state index is 0.345. The van der Waals surface area contributed by atoms with Gasteiger partial charge < -0.3 is 5.32 Å². The molecule has 0 aromatic heterocycles. The summed E-state index contributed by atoms with van der Waals surface area (Å²) in [6, 6.07) is 6.95. The highest BCUT2D eigenvalue weighted by molar-refractivity contribution is 7.90. The summed E-state index contributed by atoms with van der Waals surface area (Å²) in [5.74, 6) is 1.04. The molecule has 0 saturated heterocycles. The lowest BCUT2D eigenvalue weighted by Gasteiger charge is -2.14. The van der Waals surface area contributed by atoms with Gasteiger partial charge in [-0.2, -0.15) is 0 Å². The lowest BCUT2D eigenvalue weighted by molar-refractivity contribution is 0.593. The highest BCUT2D eigenvalue weighted by Crippen LogP contribution is 2.21. The maximum atomic E-state index is 11.6. The van der Waals surface area contributed by atoms with E-state index in [1.807, 2.05) is 6.07 Å². The zero-order chi connectivity index (χ0) is 12.9. The predicted molar refractivity (Wildman–Crippen MR) is 72.5 cm³/mol. The zero-order valence-corrected chi connectivity index (χ0v) is 11.7. The Kier molecular flexibility index (Phi) is 5.28.